The van der Waals surface area contributed by atoms with Gasteiger partial charge in [0, 0.05) is 44.3 Å². The van der Waals surface area contributed by atoms with Crippen LogP contribution in [0.15, 0.2) is 158 Å². The molecule has 1 aliphatic rings. The van der Waals surface area contributed by atoms with Crippen LogP contribution >= 0.6 is 0 Å². The van der Waals surface area contributed by atoms with Crippen molar-refractivity contribution in [3.05, 3.63) is 169 Å². The molecule has 1 aliphatic carbocycles. The lowest BCUT2D eigenvalue weighted by atomic mass is 9.82. The van der Waals surface area contributed by atoms with Crippen molar-refractivity contribution in [3.8, 4) is 45.5 Å². The number of nitrogens with zero attached hydrogens (tertiary/aromatic N) is 6. The molecule has 0 fully saturated rings. The van der Waals surface area contributed by atoms with Crippen LogP contribution < -0.4 is 0 Å². The zero-order chi connectivity index (χ0) is 35.3. The van der Waals surface area contributed by atoms with Crippen LogP contribution in [0.4, 0.5) is 0 Å². The Bertz CT molecular complexity index is 3000. The lowest BCUT2D eigenvalue weighted by molar-refractivity contribution is 0.660. The van der Waals surface area contributed by atoms with Crippen molar-refractivity contribution in [2.45, 2.75) is 19.3 Å². The Kier molecular flexibility index (Phi) is 6.20. The van der Waals surface area contributed by atoms with Gasteiger partial charge < -0.3 is 0 Å². The highest BCUT2D eigenvalue weighted by atomic mass is 15.2. The second-order valence-electron chi connectivity index (χ2n) is 14.3. The van der Waals surface area contributed by atoms with E-state index < -0.39 is 0 Å². The molecule has 10 aromatic rings. The van der Waals surface area contributed by atoms with Crippen molar-refractivity contribution in [2.75, 3.05) is 0 Å². The fourth-order valence-corrected chi connectivity index (χ4v) is 8.68. The van der Waals surface area contributed by atoms with E-state index in [1.807, 2.05) is 12.3 Å². The third-order valence-electron chi connectivity index (χ3n) is 11.1. The number of rotatable bonds is 4. The zero-order valence-electron chi connectivity index (χ0n) is 29.2. The molecule has 250 valence electrons. The van der Waals surface area contributed by atoms with Crippen molar-refractivity contribution in [1.29, 1.82) is 0 Å². The Morgan fingerprint density at radius 1 is 0.434 bits per heavy atom. The smallest absolute Gasteiger partial charge is 0.238 e. The Hall–Kier alpha value is -6.92. The third-order valence-corrected chi connectivity index (χ3v) is 11.1. The van der Waals surface area contributed by atoms with Gasteiger partial charge in [0.1, 0.15) is 5.65 Å². The van der Waals surface area contributed by atoms with Crippen molar-refractivity contribution >= 4 is 43.7 Å². The maximum Gasteiger partial charge on any atom is 0.238 e. The van der Waals surface area contributed by atoms with Gasteiger partial charge in [0.15, 0.2) is 11.6 Å². The van der Waals surface area contributed by atoms with Crippen LogP contribution in [0, 0.1) is 0 Å². The number of aromatic nitrogens is 6. The van der Waals surface area contributed by atoms with E-state index in [0.29, 0.717) is 17.6 Å². The summed E-state index contributed by atoms with van der Waals surface area (Å²) in [4.78, 5) is 21.1. The predicted octanol–water partition coefficient (Wildman–Crippen LogP) is 11.1. The van der Waals surface area contributed by atoms with Gasteiger partial charge in [-0.3, -0.25) is 9.13 Å². The highest BCUT2D eigenvalue weighted by Gasteiger charge is 2.37. The minimum absolute atomic E-state index is 0.163. The quantitative estimate of drug-likeness (QED) is 0.186. The van der Waals surface area contributed by atoms with Crippen molar-refractivity contribution in [3.63, 3.8) is 0 Å². The molecule has 4 heterocycles. The first kappa shape index (κ1) is 29.8. The van der Waals surface area contributed by atoms with Gasteiger partial charge in [-0.2, -0.15) is 9.97 Å². The summed E-state index contributed by atoms with van der Waals surface area (Å²) in [6, 6.07) is 53.3. The minimum Gasteiger partial charge on any atom is -0.293 e. The predicted molar refractivity (Wildman–Crippen MR) is 215 cm³/mol. The molecule has 53 heavy (non-hydrogen) atoms. The summed E-state index contributed by atoms with van der Waals surface area (Å²) < 4.78 is 4.42. The summed E-state index contributed by atoms with van der Waals surface area (Å²) >= 11 is 0. The Labute approximate surface area is 305 Å². The van der Waals surface area contributed by atoms with Crippen molar-refractivity contribution in [1.82, 2.24) is 29.1 Å². The fourth-order valence-electron chi connectivity index (χ4n) is 8.68. The van der Waals surface area contributed by atoms with Gasteiger partial charge in [-0.15, -0.1) is 0 Å². The molecule has 0 saturated heterocycles. The van der Waals surface area contributed by atoms with Gasteiger partial charge >= 0.3 is 0 Å². The molecule has 11 rings (SSSR count). The summed E-state index contributed by atoms with van der Waals surface area (Å²) in [5.41, 5.74) is 11.7. The molecular weight excluding hydrogens is 649 g/mol. The van der Waals surface area contributed by atoms with Gasteiger partial charge in [0.25, 0.3) is 0 Å². The highest BCUT2D eigenvalue weighted by molar-refractivity contribution is 6.10. The zero-order valence-corrected chi connectivity index (χ0v) is 29.2. The van der Waals surface area contributed by atoms with E-state index in [-0.39, 0.29) is 5.41 Å². The summed E-state index contributed by atoms with van der Waals surface area (Å²) in [6.45, 7) is 4.61. The minimum atomic E-state index is -0.163. The average Bonchev–Trinajstić information content (AvgIpc) is 3.81. The second kappa shape index (κ2) is 11.0. The molecule has 0 radical (unpaired) electrons. The number of fused-ring (bicyclic) bond motifs is 9. The van der Waals surface area contributed by atoms with Crippen LogP contribution in [0.25, 0.3) is 89.3 Å². The van der Waals surface area contributed by atoms with E-state index in [9.17, 15) is 0 Å². The van der Waals surface area contributed by atoms with Crippen LogP contribution in [-0.4, -0.2) is 29.1 Å². The number of hydrogen-bond acceptors (Lipinski definition) is 4. The average molecular weight is 681 g/mol. The van der Waals surface area contributed by atoms with Gasteiger partial charge in [-0.1, -0.05) is 123 Å². The lowest BCUT2D eigenvalue weighted by Gasteiger charge is -2.21. The van der Waals surface area contributed by atoms with Crippen LogP contribution in [0.3, 0.4) is 0 Å². The van der Waals surface area contributed by atoms with E-state index in [2.05, 4.69) is 169 Å². The Balaban J connectivity index is 1.24. The van der Waals surface area contributed by atoms with Crippen molar-refractivity contribution < 1.29 is 0 Å². The molecule has 0 aliphatic heterocycles. The maximum absolute atomic E-state index is 5.40. The first-order valence-electron chi connectivity index (χ1n) is 18.0. The molecule has 6 aromatic carbocycles. The Morgan fingerprint density at radius 3 is 1.70 bits per heavy atom. The highest BCUT2D eigenvalue weighted by Crippen LogP contribution is 2.51. The number of hydrogen-bond donors (Lipinski definition) is 0. The number of benzene rings is 6. The van der Waals surface area contributed by atoms with Crippen LogP contribution in [0.5, 0.6) is 0 Å². The fraction of sp³-hybridized carbons (Fsp3) is 0.0638. The van der Waals surface area contributed by atoms with E-state index >= 15 is 0 Å². The molecule has 4 aromatic heterocycles. The van der Waals surface area contributed by atoms with Gasteiger partial charge in [-0.25, -0.2) is 9.97 Å². The van der Waals surface area contributed by atoms with Crippen LogP contribution in [0.2, 0.25) is 0 Å². The standard InChI is InChI=1S/C47H32N6/c1-47(2)36-22-8-3-18-33(36)42-35(20-13-23-37(42)47)44-49-43(50-46(51-44)53-39-25-10-4-15-29(39)30-16-5-11-26-40(30)53)34-19-7-12-27-41(34)52-38-24-9-6-17-31(38)32-21-14-28-48-45(32)52/h3-28H,1-2H3. The molecule has 6 heteroatoms. The Morgan fingerprint density at radius 2 is 0.962 bits per heavy atom. The van der Waals surface area contributed by atoms with Crippen molar-refractivity contribution in [2.24, 2.45) is 0 Å². The molecule has 0 atom stereocenters. The molecule has 0 saturated carbocycles. The largest absolute Gasteiger partial charge is 0.293 e. The van der Waals surface area contributed by atoms with Crippen LogP contribution in [0.1, 0.15) is 25.0 Å². The molecular formula is C47H32N6. The molecule has 0 unspecified atom stereocenters. The van der Waals surface area contributed by atoms with Gasteiger partial charge in [0.2, 0.25) is 5.95 Å². The summed E-state index contributed by atoms with van der Waals surface area (Å²) in [5.74, 6) is 1.79. The summed E-state index contributed by atoms with van der Waals surface area (Å²) in [5, 5.41) is 4.55. The molecule has 6 nitrogen and oxygen atoms in total. The van der Waals surface area contributed by atoms with E-state index in [0.717, 1.165) is 60.6 Å². The molecule has 0 amide bonds. The third kappa shape index (κ3) is 4.20. The number of pyridine rings is 1. The first-order valence-corrected chi connectivity index (χ1v) is 18.0. The van der Waals surface area contributed by atoms with Gasteiger partial charge in [-0.05, 0) is 64.7 Å². The molecule has 0 spiro atoms. The lowest BCUT2D eigenvalue weighted by Crippen LogP contribution is -2.14. The molecule has 0 bridgehead atoms. The molecule has 0 N–H and O–H groups in total. The summed E-state index contributed by atoms with van der Waals surface area (Å²) in [7, 11) is 0. The van der Waals surface area contributed by atoms with Crippen LogP contribution in [-0.2, 0) is 5.41 Å². The van der Waals surface area contributed by atoms with E-state index in [1.54, 1.807) is 0 Å². The first-order chi connectivity index (χ1) is 26.1. The van der Waals surface area contributed by atoms with E-state index in [4.69, 9.17) is 19.9 Å². The monoisotopic (exact) mass is 680 g/mol. The summed E-state index contributed by atoms with van der Waals surface area (Å²) in [6.07, 6.45) is 1.86. The van der Waals surface area contributed by atoms with E-state index in [1.165, 1.54) is 22.3 Å². The number of para-hydroxylation sites is 4. The van der Waals surface area contributed by atoms with Gasteiger partial charge in [0.05, 0.1) is 22.2 Å². The topological polar surface area (TPSA) is 61.4 Å². The normalized spacial score (nSPS) is 13.2. The SMILES string of the molecule is CC1(C)c2ccccc2-c2c(-c3nc(-c4ccccc4-n4c5ccccc5c5cccnc54)nc(-n4c5ccccc5c5ccccc54)n3)cccc21. The maximum atomic E-state index is 5.40. The second-order valence-corrected chi connectivity index (χ2v) is 14.3.